The van der Waals surface area contributed by atoms with Crippen LogP contribution in [0, 0.1) is 11.7 Å². The van der Waals surface area contributed by atoms with Crippen molar-refractivity contribution in [3.05, 3.63) is 84.1 Å². The Bertz CT molecular complexity index is 1430. The normalized spacial score (nSPS) is 20.2. The van der Waals surface area contributed by atoms with E-state index in [0.29, 0.717) is 17.8 Å². The summed E-state index contributed by atoms with van der Waals surface area (Å²) in [6, 6.07) is 19.8. The van der Waals surface area contributed by atoms with Crippen LogP contribution in [0.5, 0.6) is 0 Å². The van der Waals surface area contributed by atoms with Crippen LogP contribution in [0.2, 0.25) is 0 Å². The molecule has 0 bridgehead atoms. The maximum absolute atomic E-state index is 13.9. The van der Waals surface area contributed by atoms with Crippen LogP contribution >= 0.6 is 0 Å². The average Bonchev–Trinajstić information content (AvgIpc) is 3.28. The molecule has 0 radical (unpaired) electrons. The fourth-order valence-electron chi connectivity index (χ4n) is 5.63. The van der Waals surface area contributed by atoms with E-state index in [0.717, 1.165) is 53.4 Å². The molecule has 1 saturated carbocycles. The number of halogens is 1. The molecule has 2 heterocycles. The summed E-state index contributed by atoms with van der Waals surface area (Å²) in [6.07, 6.45) is 6.41. The van der Waals surface area contributed by atoms with Crippen molar-refractivity contribution in [1.82, 2.24) is 15.0 Å². The minimum Gasteiger partial charge on any atom is -0.342 e. The Hall–Kier alpha value is -3.27. The molecule has 6 rings (SSSR count). The molecule has 160 valence electrons. The van der Waals surface area contributed by atoms with Crippen molar-refractivity contribution in [3.8, 4) is 0 Å². The van der Waals surface area contributed by atoms with E-state index in [1.165, 1.54) is 22.4 Å². The quantitative estimate of drug-likeness (QED) is 0.327. The third-order valence-corrected chi connectivity index (χ3v) is 7.48. The van der Waals surface area contributed by atoms with Gasteiger partial charge in [-0.2, -0.15) is 0 Å². The third kappa shape index (κ3) is 3.26. The molecule has 1 N–H and O–H groups in total. The number of hydrogen-bond donors (Lipinski definition) is 1. The van der Waals surface area contributed by atoms with Gasteiger partial charge in [0.1, 0.15) is 11.6 Å². The van der Waals surface area contributed by atoms with Gasteiger partial charge in [0.25, 0.3) is 0 Å². The Morgan fingerprint density at radius 3 is 2.66 bits per heavy atom. The summed E-state index contributed by atoms with van der Waals surface area (Å²) in [5, 5.41) is 3.40. The standard InChI is InChI=1S/C28H26FN3/c1-17(28-31-26-12-10-19-4-2-3-5-23(19)27(26)32-28)18-6-8-20(9-7-18)22-14-15-30-25-13-11-21(29)16-24(22)25/h2-5,10-18,20H,6-9H2,1H3,(H,31,32)/t17-,18?,20?/m1/s1. The van der Waals surface area contributed by atoms with Crippen LogP contribution in [0.4, 0.5) is 4.39 Å². The van der Waals surface area contributed by atoms with E-state index in [2.05, 4.69) is 59.4 Å². The first-order valence-corrected chi connectivity index (χ1v) is 11.6. The van der Waals surface area contributed by atoms with Gasteiger partial charge in [-0.05, 0) is 78.8 Å². The van der Waals surface area contributed by atoms with Gasteiger partial charge in [0.15, 0.2) is 0 Å². The molecule has 0 spiro atoms. The highest BCUT2D eigenvalue weighted by atomic mass is 19.1. The first kappa shape index (κ1) is 19.4. The number of pyridine rings is 1. The van der Waals surface area contributed by atoms with Crippen LogP contribution in [0.15, 0.2) is 66.9 Å². The number of hydrogen-bond acceptors (Lipinski definition) is 2. The minimum atomic E-state index is -0.188. The number of nitrogens with zero attached hydrogens (tertiary/aromatic N) is 2. The molecule has 1 aliphatic carbocycles. The lowest BCUT2D eigenvalue weighted by atomic mass is 9.73. The molecule has 0 aliphatic heterocycles. The Balaban J connectivity index is 1.24. The van der Waals surface area contributed by atoms with Crippen LogP contribution in [-0.4, -0.2) is 15.0 Å². The van der Waals surface area contributed by atoms with Gasteiger partial charge < -0.3 is 4.98 Å². The number of imidazole rings is 1. The number of rotatable bonds is 3. The Morgan fingerprint density at radius 1 is 0.938 bits per heavy atom. The van der Waals surface area contributed by atoms with Gasteiger partial charge in [-0.1, -0.05) is 37.3 Å². The first-order valence-electron chi connectivity index (χ1n) is 11.6. The van der Waals surface area contributed by atoms with Crippen LogP contribution in [0.3, 0.4) is 0 Å². The number of fused-ring (bicyclic) bond motifs is 4. The van der Waals surface area contributed by atoms with Crippen molar-refractivity contribution in [2.24, 2.45) is 5.92 Å². The second-order valence-electron chi connectivity index (χ2n) is 9.27. The highest BCUT2D eigenvalue weighted by molar-refractivity contribution is 6.04. The summed E-state index contributed by atoms with van der Waals surface area (Å²) in [4.78, 5) is 13.1. The number of aromatic nitrogens is 3. The van der Waals surface area contributed by atoms with E-state index in [1.807, 2.05) is 6.20 Å². The van der Waals surface area contributed by atoms with Crippen LogP contribution in [0.1, 0.15) is 55.8 Å². The van der Waals surface area contributed by atoms with E-state index in [1.54, 1.807) is 12.1 Å². The summed E-state index contributed by atoms with van der Waals surface area (Å²) in [5.41, 5.74) is 4.32. The monoisotopic (exact) mass is 423 g/mol. The Morgan fingerprint density at radius 2 is 1.78 bits per heavy atom. The van der Waals surface area contributed by atoms with Crippen molar-refractivity contribution < 1.29 is 4.39 Å². The van der Waals surface area contributed by atoms with Crippen LogP contribution in [-0.2, 0) is 0 Å². The van der Waals surface area contributed by atoms with Gasteiger partial charge in [-0.3, -0.25) is 4.98 Å². The lowest BCUT2D eigenvalue weighted by molar-refractivity contribution is 0.286. The number of benzene rings is 3. The molecule has 0 amide bonds. The van der Waals surface area contributed by atoms with Crippen molar-refractivity contribution in [3.63, 3.8) is 0 Å². The minimum absolute atomic E-state index is 0.188. The highest BCUT2D eigenvalue weighted by Gasteiger charge is 2.29. The van der Waals surface area contributed by atoms with E-state index in [4.69, 9.17) is 4.98 Å². The van der Waals surface area contributed by atoms with Crippen LogP contribution in [0.25, 0.3) is 32.7 Å². The van der Waals surface area contributed by atoms with Crippen LogP contribution < -0.4 is 0 Å². The van der Waals surface area contributed by atoms with Gasteiger partial charge in [-0.25, -0.2) is 9.37 Å². The molecule has 1 fully saturated rings. The summed E-state index contributed by atoms with van der Waals surface area (Å²) in [5.74, 6) is 2.35. The van der Waals surface area contributed by atoms with Gasteiger partial charge in [-0.15, -0.1) is 0 Å². The molecule has 3 nitrogen and oxygen atoms in total. The lowest BCUT2D eigenvalue weighted by Gasteiger charge is -2.32. The SMILES string of the molecule is C[C@@H](c1nc2c(ccc3ccccc32)[nH]1)C1CCC(c2ccnc3ccc(F)cc23)CC1. The molecule has 5 aromatic rings. The lowest BCUT2D eigenvalue weighted by Crippen LogP contribution is -2.19. The van der Waals surface area contributed by atoms with Gasteiger partial charge in [0.05, 0.1) is 16.6 Å². The van der Waals surface area contributed by atoms with Crippen molar-refractivity contribution in [1.29, 1.82) is 0 Å². The molecule has 2 aromatic heterocycles. The smallest absolute Gasteiger partial charge is 0.123 e. The van der Waals surface area contributed by atoms with Gasteiger partial charge in [0.2, 0.25) is 0 Å². The molecule has 0 unspecified atom stereocenters. The first-order chi connectivity index (χ1) is 15.7. The third-order valence-electron chi connectivity index (χ3n) is 7.48. The molecule has 3 aromatic carbocycles. The largest absolute Gasteiger partial charge is 0.342 e. The summed E-state index contributed by atoms with van der Waals surface area (Å²) in [6.45, 7) is 2.31. The highest BCUT2D eigenvalue weighted by Crippen LogP contribution is 2.43. The van der Waals surface area contributed by atoms with Crippen molar-refractivity contribution in [2.75, 3.05) is 0 Å². The number of H-pyrrole nitrogens is 1. The van der Waals surface area contributed by atoms with Crippen molar-refractivity contribution in [2.45, 2.75) is 44.4 Å². The summed E-state index contributed by atoms with van der Waals surface area (Å²) >= 11 is 0. The molecular weight excluding hydrogens is 397 g/mol. The molecule has 1 atom stereocenters. The maximum atomic E-state index is 13.9. The fourth-order valence-corrected chi connectivity index (χ4v) is 5.63. The van der Waals surface area contributed by atoms with E-state index in [9.17, 15) is 4.39 Å². The van der Waals surface area contributed by atoms with Crippen molar-refractivity contribution >= 4 is 32.7 Å². The number of nitrogens with one attached hydrogen (secondary N) is 1. The fraction of sp³-hybridized carbons (Fsp3) is 0.286. The molecule has 0 saturated heterocycles. The predicted octanol–water partition coefficient (Wildman–Crippen LogP) is 7.48. The van der Waals surface area contributed by atoms with E-state index < -0.39 is 0 Å². The zero-order valence-electron chi connectivity index (χ0n) is 18.2. The number of aromatic amines is 1. The van der Waals surface area contributed by atoms with E-state index in [-0.39, 0.29) is 5.82 Å². The molecule has 4 heteroatoms. The van der Waals surface area contributed by atoms with Gasteiger partial charge in [0, 0.05) is 22.9 Å². The summed E-state index contributed by atoms with van der Waals surface area (Å²) in [7, 11) is 0. The Kier molecular flexibility index (Phi) is 4.67. The molecule has 32 heavy (non-hydrogen) atoms. The molecule has 1 aliphatic rings. The zero-order chi connectivity index (χ0) is 21.7. The zero-order valence-corrected chi connectivity index (χ0v) is 18.2. The second kappa shape index (κ2) is 7.70. The predicted molar refractivity (Wildman–Crippen MR) is 128 cm³/mol. The topological polar surface area (TPSA) is 41.6 Å². The molecular formula is C28H26FN3. The average molecular weight is 424 g/mol. The summed E-state index contributed by atoms with van der Waals surface area (Å²) < 4.78 is 13.9. The second-order valence-corrected chi connectivity index (χ2v) is 9.27. The Labute approximate surface area is 186 Å². The van der Waals surface area contributed by atoms with Gasteiger partial charge >= 0.3 is 0 Å². The van der Waals surface area contributed by atoms with E-state index >= 15 is 0 Å². The maximum Gasteiger partial charge on any atom is 0.123 e.